The first kappa shape index (κ1) is 21.8. The van der Waals surface area contributed by atoms with E-state index in [1.165, 1.54) is 60.7 Å². The molecule has 0 aliphatic heterocycles. The lowest BCUT2D eigenvalue weighted by Gasteiger charge is -2.11. The number of carbonyl (C=O) groups is 2. The van der Waals surface area contributed by atoms with Gasteiger partial charge in [-0.1, -0.05) is 18.2 Å². The Labute approximate surface area is 177 Å². The second-order valence-corrected chi connectivity index (χ2v) is 7.94. The minimum absolute atomic E-state index is 0.0224. The largest absolute Gasteiger partial charge is 0.505 e. The second kappa shape index (κ2) is 8.84. The van der Waals surface area contributed by atoms with E-state index in [2.05, 4.69) is 14.8 Å². The SMILES string of the molecule is COC(=O)c1cccc(NC(=O)c2ccc(S(=O)(=O)Nc3ccccc3F)cc2)c1O. The Kier molecular flexibility index (Phi) is 6.21. The third-order valence-electron chi connectivity index (χ3n) is 4.23. The van der Waals surface area contributed by atoms with Gasteiger partial charge in [-0.05, 0) is 48.5 Å². The number of aromatic hydroxyl groups is 1. The van der Waals surface area contributed by atoms with Gasteiger partial charge in [-0.2, -0.15) is 0 Å². The number of amides is 1. The number of rotatable bonds is 6. The van der Waals surface area contributed by atoms with Gasteiger partial charge in [-0.3, -0.25) is 9.52 Å². The van der Waals surface area contributed by atoms with Crippen LogP contribution in [0.3, 0.4) is 0 Å². The molecular formula is C21H17FN2O6S. The van der Waals surface area contributed by atoms with Crippen molar-refractivity contribution in [3.05, 3.63) is 83.7 Å². The lowest BCUT2D eigenvalue weighted by atomic mass is 10.1. The topological polar surface area (TPSA) is 122 Å². The van der Waals surface area contributed by atoms with Gasteiger partial charge >= 0.3 is 5.97 Å². The zero-order valence-corrected chi connectivity index (χ0v) is 16.9. The summed E-state index contributed by atoms with van der Waals surface area (Å²) in [4.78, 5) is 23.9. The number of anilines is 2. The molecule has 0 unspecified atom stereocenters. The maximum Gasteiger partial charge on any atom is 0.341 e. The Bertz CT molecular complexity index is 1240. The van der Waals surface area contributed by atoms with E-state index in [4.69, 9.17) is 0 Å². The third-order valence-corrected chi connectivity index (χ3v) is 5.62. The number of ether oxygens (including phenoxy) is 1. The number of hydrogen-bond donors (Lipinski definition) is 3. The molecule has 0 heterocycles. The predicted octanol–water partition coefficient (Wildman–Crippen LogP) is 3.37. The van der Waals surface area contributed by atoms with Crippen LogP contribution in [0.1, 0.15) is 20.7 Å². The monoisotopic (exact) mass is 444 g/mol. The van der Waals surface area contributed by atoms with Crippen molar-refractivity contribution in [2.24, 2.45) is 0 Å². The summed E-state index contributed by atoms with van der Waals surface area (Å²) in [6.07, 6.45) is 0. The van der Waals surface area contributed by atoms with Crippen molar-refractivity contribution >= 4 is 33.3 Å². The average molecular weight is 444 g/mol. The first-order chi connectivity index (χ1) is 14.7. The highest BCUT2D eigenvalue weighted by molar-refractivity contribution is 7.92. The second-order valence-electron chi connectivity index (χ2n) is 6.26. The summed E-state index contributed by atoms with van der Waals surface area (Å²) in [6, 6.07) is 14.4. The molecule has 0 saturated heterocycles. The molecule has 0 spiro atoms. The lowest BCUT2D eigenvalue weighted by Crippen LogP contribution is -2.15. The van der Waals surface area contributed by atoms with Gasteiger partial charge in [-0.15, -0.1) is 0 Å². The van der Waals surface area contributed by atoms with Crippen LogP contribution in [-0.4, -0.2) is 32.5 Å². The van der Waals surface area contributed by atoms with E-state index in [1.807, 2.05) is 0 Å². The van der Waals surface area contributed by atoms with E-state index in [0.717, 1.165) is 13.2 Å². The van der Waals surface area contributed by atoms with Gasteiger partial charge in [0.2, 0.25) is 0 Å². The van der Waals surface area contributed by atoms with Gasteiger partial charge in [-0.25, -0.2) is 17.6 Å². The van der Waals surface area contributed by atoms with Crippen LogP contribution in [0.4, 0.5) is 15.8 Å². The molecule has 0 atom stereocenters. The summed E-state index contributed by atoms with van der Waals surface area (Å²) in [6.45, 7) is 0. The normalized spacial score (nSPS) is 10.9. The summed E-state index contributed by atoms with van der Waals surface area (Å²) in [7, 11) is -2.92. The summed E-state index contributed by atoms with van der Waals surface area (Å²) in [5.41, 5.74) is -0.259. The van der Waals surface area contributed by atoms with Gasteiger partial charge in [0, 0.05) is 5.56 Å². The molecule has 3 aromatic carbocycles. The quantitative estimate of drug-likeness (QED) is 0.396. The first-order valence-electron chi connectivity index (χ1n) is 8.82. The van der Waals surface area contributed by atoms with Crippen LogP contribution in [0.5, 0.6) is 5.75 Å². The summed E-state index contributed by atoms with van der Waals surface area (Å²) >= 11 is 0. The number of phenols is 1. The van der Waals surface area contributed by atoms with Crippen LogP contribution in [0.15, 0.2) is 71.6 Å². The Morgan fingerprint density at radius 2 is 1.58 bits per heavy atom. The highest BCUT2D eigenvalue weighted by atomic mass is 32.2. The summed E-state index contributed by atoms with van der Waals surface area (Å²) in [5.74, 6) is -2.61. The maximum atomic E-state index is 13.7. The number of nitrogens with one attached hydrogen (secondary N) is 2. The third kappa shape index (κ3) is 4.81. The minimum Gasteiger partial charge on any atom is -0.505 e. The van der Waals surface area contributed by atoms with Crippen molar-refractivity contribution in [2.45, 2.75) is 4.90 Å². The average Bonchev–Trinajstić information content (AvgIpc) is 2.76. The highest BCUT2D eigenvalue weighted by Crippen LogP contribution is 2.28. The van der Waals surface area contributed by atoms with E-state index in [0.29, 0.717) is 0 Å². The molecular weight excluding hydrogens is 427 g/mol. The van der Waals surface area contributed by atoms with Crippen molar-refractivity contribution in [2.75, 3.05) is 17.1 Å². The summed E-state index contributed by atoms with van der Waals surface area (Å²) < 4.78 is 45.3. The van der Waals surface area contributed by atoms with Gasteiger partial charge in [0.1, 0.15) is 11.4 Å². The molecule has 0 aliphatic rings. The number of halogens is 1. The number of para-hydroxylation sites is 2. The van der Waals surface area contributed by atoms with Crippen molar-refractivity contribution in [1.29, 1.82) is 0 Å². The van der Waals surface area contributed by atoms with Crippen molar-refractivity contribution in [3.63, 3.8) is 0 Å². The molecule has 0 bridgehead atoms. The number of methoxy groups -OCH3 is 1. The van der Waals surface area contributed by atoms with E-state index in [9.17, 15) is 27.5 Å². The molecule has 3 rings (SSSR count). The van der Waals surface area contributed by atoms with E-state index in [1.54, 1.807) is 0 Å². The van der Waals surface area contributed by atoms with Crippen LogP contribution >= 0.6 is 0 Å². The standard InChI is InChI=1S/C21H17FN2O6S/c1-30-21(27)15-5-4-8-18(19(15)25)23-20(26)13-9-11-14(12-10-13)31(28,29)24-17-7-3-2-6-16(17)22/h2-12,24-25H,1H3,(H,23,26). The molecule has 3 aromatic rings. The van der Waals surface area contributed by atoms with Crippen molar-refractivity contribution < 1.29 is 32.2 Å². The number of sulfonamides is 1. The van der Waals surface area contributed by atoms with Gasteiger partial charge in [0.15, 0.2) is 5.75 Å². The molecule has 0 radical (unpaired) electrons. The van der Waals surface area contributed by atoms with E-state index >= 15 is 0 Å². The number of esters is 1. The number of benzene rings is 3. The molecule has 0 fully saturated rings. The van der Waals surface area contributed by atoms with E-state index in [-0.39, 0.29) is 27.4 Å². The molecule has 0 aromatic heterocycles. The van der Waals surface area contributed by atoms with Crippen LogP contribution in [0.2, 0.25) is 0 Å². The van der Waals surface area contributed by atoms with Crippen LogP contribution in [-0.2, 0) is 14.8 Å². The molecule has 1 amide bonds. The zero-order valence-electron chi connectivity index (χ0n) is 16.1. The predicted molar refractivity (Wildman–Crippen MR) is 111 cm³/mol. The van der Waals surface area contributed by atoms with Crippen LogP contribution in [0, 0.1) is 5.82 Å². The highest BCUT2D eigenvalue weighted by Gasteiger charge is 2.19. The Morgan fingerprint density at radius 3 is 2.23 bits per heavy atom. The smallest absolute Gasteiger partial charge is 0.341 e. The molecule has 8 nitrogen and oxygen atoms in total. The molecule has 31 heavy (non-hydrogen) atoms. The fraction of sp³-hybridized carbons (Fsp3) is 0.0476. The Morgan fingerprint density at radius 1 is 0.935 bits per heavy atom. The van der Waals surface area contributed by atoms with E-state index < -0.39 is 33.5 Å². The van der Waals surface area contributed by atoms with Crippen LogP contribution in [0.25, 0.3) is 0 Å². The van der Waals surface area contributed by atoms with Crippen molar-refractivity contribution in [3.8, 4) is 5.75 Å². The van der Waals surface area contributed by atoms with Crippen LogP contribution < -0.4 is 10.0 Å². The number of hydrogen-bond acceptors (Lipinski definition) is 6. The number of phenolic OH excluding ortho intramolecular Hbond substituents is 1. The number of carbonyl (C=O) groups excluding carboxylic acids is 2. The van der Waals surface area contributed by atoms with Gasteiger partial charge in [0.25, 0.3) is 15.9 Å². The fourth-order valence-corrected chi connectivity index (χ4v) is 3.71. The maximum absolute atomic E-state index is 13.7. The van der Waals surface area contributed by atoms with Crippen molar-refractivity contribution in [1.82, 2.24) is 0 Å². The molecule has 3 N–H and O–H groups in total. The summed E-state index contributed by atoms with van der Waals surface area (Å²) in [5, 5.41) is 12.6. The fourth-order valence-electron chi connectivity index (χ4n) is 2.65. The minimum atomic E-state index is -4.08. The first-order valence-corrected chi connectivity index (χ1v) is 10.3. The molecule has 160 valence electrons. The molecule has 10 heteroatoms. The Hall–Kier alpha value is -3.92. The lowest BCUT2D eigenvalue weighted by molar-refractivity contribution is 0.0597. The molecule has 0 aliphatic carbocycles. The molecule has 0 saturated carbocycles. The zero-order chi connectivity index (χ0) is 22.6. The Balaban J connectivity index is 1.78. The van der Waals surface area contributed by atoms with Gasteiger partial charge in [0.05, 0.1) is 23.4 Å². The van der Waals surface area contributed by atoms with Gasteiger partial charge < -0.3 is 15.2 Å².